The summed E-state index contributed by atoms with van der Waals surface area (Å²) >= 11 is 0. The molecule has 0 aliphatic heterocycles. The molecule has 0 unspecified atom stereocenters. The quantitative estimate of drug-likeness (QED) is 0.503. The highest BCUT2D eigenvalue weighted by Crippen LogP contribution is 2.05. The van der Waals surface area contributed by atoms with Crippen molar-refractivity contribution in [2.75, 3.05) is 13.2 Å². The second-order valence-electron chi connectivity index (χ2n) is 3.38. The zero-order valence-corrected chi connectivity index (χ0v) is 9.92. The van der Waals surface area contributed by atoms with E-state index in [9.17, 15) is 0 Å². The van der Waals surface area contributed by atoms with E-state index in [0.29, 0.717) is 13.2 Å². The van der Waals surface area contributed by atoms with Gasteiger partial charge in [-0.25, -0.2) is 0 Å². The Kier molecular flexibility index (Phi) is 6.72. The van der Waals surface area contributed by atoms with Gasteiger partial charge < -0.3 is 9.47 Å². The van der Waals surface area contributed by atoms with E-state index in [2.05, 4.69) is 13.2 Å². The van der Waals surface area contributed by atoms with E-state index in [1.165, 1.54) is 0 Å². The molecule has 0 aliphatic carbocycles. The van der Waals surface area contributed by atoms with Crippen LogP contribution in [0.15, 0.2) is 61.7 Å². The monoisotopic (exact) mass is 230 g/mol. The van der Waals surface area contributed by atoms with Gasteiger partial charge in [-0.05, 0) is 11.6 Å². The van der Waals surface area contributed by atoms with Crippen LogP contribution in [0, 0.1) is 0 Å². The summed E-state index contributed by atoms with van der Waals surface area (Å²) in [5.41, 5.74) is 1.11. The summed E-state index contributed by atoms with van der Waals surface area (Å²) in [5.74, 6) is 0. The second kappa shape index (κ2) is 8.50. The first-order chi connectivity index (χ1) is 8.36. The highest BCUT2D eigenvalue weighted by Gasteiger charge is 2.02. The molecule has 0 aromatic heterocycles. The summed E-state index contributed by atoms with van der Waals surface area (Å²) in [6.45, 7) is 8.13. The summed E-state index contributed by atoms with van der Waals surface area (Å²) < 4.78 is 10.9. The summed E-state index contributed by atoms with van der Waals surface area (Å²) in [6.07, 6.45) is 6.87. The van der Waals surface area contributed by atoms with E-state index < -0.39 is 0 Å². The van der Waals surface area contributed by atoms with Crippen LogP contribution >= 0.6 is 0 Å². The van der Waals surface area contributed by atoms with Crippen molar-refractivity contribution in [1.82, 2.24) is 0 Å². The molecule has 1 aromatic rings. The van der Waals surface area contributed by atoms with Gasteiger partial charge in [0.15, 0.2) is 6.29 Å². The first-order valence-corrected chi connectivity index (χ1v) is 5.55. The average molecular weight is 230 g/mol. The van der Waals surface area contributed by atoms with E-state index in [4.69, 9.17) is 9.47 Å². The largest absolute Gasteiger partial charge is 0.345 e. The normalized spacial score (nSPS) is 10.9. The van der Waals surface area contributed by atoms with E-state index in [-0.39, 0.29) is 6.29 Å². The molecule has 0 N–H and O–H groups in total. The minimum atomic E-state index is -0.369. The number of hydrogen-bond acceptors (Lipinski definition) is 2. The molecule has 90 valence electrons. The summed E-state index contributed by atoms with van der Waals surface area (Å²) in [6, 6.07) is 10.0. The van der Waals surface area contributed by atoms with Crippen LogP contribution in [0.4, 0.5) is 0 Å². The molecule has 0 aliphatic rings. The Labute approximate surface area is 103 Å². The van der Waals surface area contributed by atoms with Crippen molar-refractivity contribution >= 4 is 6.08 Å². The van der Waals surface area contributed by atoms with Crippen LogP contribution in [0.25, 0.3) is 6.08 Å². The lowest BCUT2D eigenvalue weighted by molar-refractivity contribution is -0.0929. The van der Waals surface area contributed by atoms with Gasteiger partial charge >= 0.3 is 0 Å². The predicted molar refractivity (Wildman–Crippen MR) is 71.6 cm³/mol. The molecular formula is C15H18O2. The van der Waals surface area contributed by atoms with Gasteiger partial charge in [-0.15, -0.1) is 13.2 Å². The maximum Gasteiger partial charge on any atom is 0.177 e. The third-order valence-electron chi connectivity index (χ3n) is 2.00. The van der Waals surface area contributed by atoms with E-state index in [0.717, 1.165) is 5.56 Å². The molecular weight excluding hydrogens is 212 g/mol. The van der Waals surface area contributed by atoms with Crippen LogP contribution < -0.4 is 0 Å². The van der Waals surface area contributed by atoms with Crippen LogP contribution in [-0.4, -0.2) is 19.5 Å². The van der Waals surface area contributed by atoms with Crippen LogP contribution in [-0.2, 0) is 9.47 Å². The summed E-state index contributed by atoms with van der Waals surface area (Å²) in [4.78, 5) is 0. The van der Waals surface area contributed by atoms with Crippen molar-refractivity contribution in [3.05, 3.63) is 67.3 Å². The molecule has 0 atom stereocenters. The summed E-state index contributed by atoms with van der Waals surface area (Å²) in [5, 5.41) is 0. The number of benzene rings is 1. The smallest absolute Gasteiger partial charge is 0.177 e. The Morgan fingerprint density at radius 3 is 2.12 bits per heavy atom. The average Bonchev–Trinajstić information content (AvgIpc) is 2.39. The summed E-state index contributed by atoms with van der Waals surface area (Å²) in [7, 11) is 0. The Balaban J connectivity index is 2.54. The van der Waals surface area contributed by atoms with Crippen LogP contribution in [0.1, 0.15) is 5.56 Å². The third-order valence-corrected chi connectivity index (χ3v) is 2.00. The molecule has 2 nitrogen and oxygen atoms in total. The topological polar surface area (TPSA) is 18.5 Å². The Morgan fingerprint density at radius 1 is 1.00 bits per heavy atom. The van der Waals surface area contributed by atoms with E-state index >= 15 is 0 Å². The lowest BCUT2D eigenvalue weighted by atomic mass is 10.2. The predicted octanol–water partition coefficient (Wildman–Crippen LogP) is 3.43. The van der Waals surface area contributed by atoms with Gasteiger partial charge in [-0.3, -0.25) is 0 Å². The molecule has 0 bridgehead atoms. The molecule has 0 spiro atoms. The SMILES string of the molecule is C=CCOC(/C=C/c1ccccc1)OCC=C. The fourth-order valence-corrected chi connectivity index (χ4v) is 1.24. The zero-order valence-electron chi connectivity index (χ0n) is 9.92. The first kappa shape index (κ1) is 13.4. The zero-order chi connectivity index (χ0) is 12.3. The van der Waals surface area contributed by atoms with Crippen molar-refractivity contribution in [1.29, 1.82) is 0 Å². The van der Waals surface area contributed by atoms with Crippen LogP contribution in [0.2, 0.25) is 0 Å². The van der Waals surface area contributed by atoms with Crippen LogP contribution in [0.5, 0.6) is 0 Å². The van der Waals surface area contributed by atoms with Crippen molar-refractivity contribution in [2.45, 2.75) is 6.29 Å². The maximum atomic E-state index is 5.44. The fourth-order valence-electron chi connectivity index (χ4n) is 1.24. The van der Waals surface area contributed by atoms with Gasteiger partial charge in [0.2, 0.25) is 0 Å². The van der Waals surface area contributed by atoms with E-state index in [1.807, 2.05) is 42.5 Å². The maximum absolute atomic E-state index is 5.44. The molecule has 17 heavy (non-hydrogen) atoms. The number of hydrogen-bond donors (Lipinski definition) is 0. The minimum Gasteiger partial charge on any atom is -0.345 e. The molecule has 0 radical (unpaired) electrons. The number of rotatable bonds is 8. The van der Waals surface area contributed by atoms with Crippen LogP contribution in [0.3, 0.4) is 0 Å². The Bertz CT molecular complexity index is 342. The van der Waals surface area contributed by atoms with Crippen molar-refractivity contribution < 1.29 is 9.47 Å². The molecule has 0 saturated carbocycles. The molecule has 0 saturated heterocycles. The van der Waals surface area contributed by atoms with E-state index in [1.54, 1.807) is 12.2 Å². The van der Waals surface area contributed by atoms with Gasteiger partial charge in [0.25, 0.3) is 0 Å². The van der Waals surface area contributed by atoms with Gasteiger partial charge in [0, 0.05) is 0 Å². The number of ether oxygens (including phenoxy) is 2. The molecule has 2 heteroatoms. The molecule has 0 fully saturated rings. The van der Waals surface area contributed by atoms with Crippen molar-refractivity contribution in [3.63, 3.8) is 0 Å². The van der Waals surface area contributed by atoms with Gasteiger partial charge in [0.1, 0.15) is 0 Å². The lowest BCUT2D eigenvalue weighted by Gasteiger charge is -2.12. The molecule has 0 heterocycles. The lowest BCUT2D eigenvalue weighted by Crippen LogP contribution is -2.14. The Morgan fingerprint density at radius 2 is 1.59 bits per heavy atom. The third kappa shape index (κ3) is 5.85. The van der Waals surface area contributed by atoms with Gasteiger partial charge in [-0.1, -0.05) is 48.6 Å². The fraction of sp³-hybridized carbons (Fsp3) is 0.200. The minimum absolute atomic E-state index is 0.369. The molecule has 0 amide bonds. The molecule has 1 aromatic carbocycles. The standard InChI is InChI=1S/C15H18O2/c1-3-12-16-15(17-13-4-2)11-10-14-8-6-5-7-9-14/h3-11,15H,1-2,12-13H2/b11-10+. The van der Waals surface area contributed by atoms with Gasteiger partial charge in [-0.2, -0.15) is 0 Å². The van der Waals surface area contributed by atoms with Gasteiger partial charge in [0.05, 0.1) is 13.2 Å². The highest BCUT2D eigenvalue weighted by molar-refractivity contribution is 5.48. The first-order valence-electron chi connectivity index (χ1n) is 5.55. The second-order valence-corrected chi connectivity index (χ2v) is 3.38. The molecule has 1 rings (SSSR count). The highest BCUT2D eigenvalue weighted by atomic mass is 16.7. The van der Waals surface area contributed by atoms with Crippen molar-refractivity contribution in [2.24, 2.45) is 0 Å². The van der Waals surface area contributed by atoms with Crippen molar-refractivity contribution in [3.8, 4) is 0 Å². The Hall–Kier alpha value is -1.64.